The van der Waals surface area contributed by atoms with Crippen LogP contribution >= 0.6 is 0 Å². The number of anilines is 2. The van der Waals surface area contributed by atoms with Gasteiger partial charge in [0.25, 0.3) is 5.91 Å². The molecule has 0 radical (unpaired) electrons. The van der Waals surface area contributed by atoms with Crippen LogP contribution in [0.4, 0.5) is 11.4 Å². The SMILES string of the molecule is Cc1ccc2c(c1)N(C)C(=O)c1cc(NC(=O)CN3C(=O)CCC3=O)ccc1O2. The Bertz CT molecular complexity index is 1050. The highest BCUT2D eigenvalue weighted by atomic mass is 16.5. The summed E-state index contributed by atoms with van der Waals surface area (Å²) in [7, 11) is 1.66. The van der Waals surface area contributed by atoms with Crippen LogP contribution in [0.2, 0.25) is 0 Å². The fraction of sp³-hybridized carbons (Fsp3) is 0.238. The number of carbonyl (C=O) groups excluding carboxylic acids is 4. The maximum absolute atomic E-state index is 12.9. The predicted molar refractivity (Wildman–Crippen MR) is 105 cm³/mol. The molecule has 0 unspecified atom stereocenters. The van der Waals surface area contributed by atoms with Crippen molar-refractivity contribution >= 4 is 35.0 Å². The van der Waals surface area contributed by atoms with E-state index in [2.05, 4.69) is 5.32 Å². The van der Waals surface area contributed by atoms with Crippen LogP contribution in [0.15, 0.2) is 36.4 Å². The zero-order valence-electron chi connectivity index (χ0n) is 16.0. The zero-order chi connectivity index (χ0) is 20.7. The van der Waals surface area contributed by atoms with Crippen LogP contribution < -0.4 is 15.0 Å². The van der Waals surface area contributed by atoms with Crippen molar-refractivity contribution in [3.8, 4) is 11.5 Å². The van der Waals surface area contributed by atoms with Crippen molar-refractivity contribution in [3.63, 3.8) is 0 Å². The third-order valence-corrected chi connectivity index (χ3v) is 4.95. The average molecular weight is 393 g/mol. The Hall–Kier alpha value is -3.68. The summed E-state index contributed by atoms with van der Waals surface area (Å²) in [6.45, 7) is 1.59. The molecule has 0 atom stereocenters. The molecule has 0 aromatic heterocycles. The number of hydrogen-bond acceptors (Lipinski definition) is 5. The summed E-state index contributed by atoms with van der Waals surface area (Å²) in [4.78, 5) is 51.0. The largest absolute Gasteiger partial charge is 0.454 e. The number of likely N-dealkylation sites (tertiary alicyclic amines) is 1. The standard InChI is InChI=1S/C21H19N3O5/c1-12-3-5-17-15(9-12)23(2)21(28)14-10-13(4-6-16(14)29-17)22-18(25)11-24-19(26)7-8-20(24)27/h3-6,9-10H,7-8,11H2,1-2H3,(H,22,25). The number of aryl methyl sites for hydroxylation is 1. The van der Waals surface area contributed by atoms with Crippen LogP contribution in [0.3, 0.4) is 0 Å². The van der Waals surface area contributed by atoms with Gasteiger partial charge in [0.2, 0.25) is 17.7 Å². The third-order valence-electron chi connectivity index (χ3n) is 4.95. The minimum atomic E-state index is -0.511. The molecule has 0 saturated carbocycles. The van der Waals surface area contributed by atoms with Gasteiger partial charge in [-0.15, -0.1) is 0 Å². The van der Waals surface area contributed by atoms with E-state index in [0.29, 0.717) is 28.4 Å². The molecule has 0 aliphatic carbocycles. The molecule has 1 N–H and O–H groups in total. The lowest BCUT2D eigenvalue weighted by atomic mass is 10.1. The first-order valence-corrected chi connectivity index (χ1v) is 9.17. The van der Waals surface area contributed by atoms with E-state index in [0.717, 1.165) is 10.5 Å². The second kappa shape index (κ2) is 7.05. The van der Waals surface area contributed by atoms with Crippen LogP contribution in [0.5, 0.6) is 11.5 Å². The molecule has 1 saturated heterocycles. The molecule has 0 spiro atoms. The van der Waals surface area contributed by atoms with E-state index in [4.69, 9.17) is 4.74 Å². The summed E-state index contributed by atoms with van der Waals surface area (Å²) in [6.07, 6.45) is 0.256. The van der Waals surface area contributed by atoms with Crippen molar-refractivity contribution in [1.29, 1.82) is 0 Å². The molecule has 0 bridgehead atoms. The van der Waals surface area contributed by atoms with Gasteiger partial charge in [-0.25, -0.2) is 0 Å². The molecule has 2 aromatic rings. The van der Waals surface area contributed by atoms with E-state index >= 15 is 0 Å². The maximum Gasteiger partial charge on any atom is 0.261 e. The molecule has 4 rings (SSSR count). The smallest absolute Gasteiger partial charge is 0.261 e. The van der Waals surface area contributed by atoms with Gasteiger partial charge in [-0.3, -0.25) is 24.1 Å². The highest BCUT2D eigenvalue weighted by molar-refractivity contribution is 6.10. The summed E-state index contributed by atoms with van der Waals surface area (Å²) >= 11 is 0. The molecule has 8 nitrogen and oxygen atoms in total. The molecule has 8 heteroatoms. The lowest BCUT2D eigenvalue weighted by molar-refractivity contribution is -0.141. The maximum atomic E-state index is 12.9. The van der Waals surface area contributed by atoms with E-state index in [9.17, 15) is 19.2 Å². The Labute approximate surface area is 167 Å². The van der Waals surface area contributed by atoms with Gasteiger partial charge in [-0.05, 0) is 42.8 Å². The molecule has 29 heavy (non-hydrogen) atoms. The van der Waals surface area contributed by atoms with Crippen LogP contribution in [-0.2, 0) is 14.4 Å². The van der Waals surface area contributed by atoms with E-state index in [1.54, 1.807) is 19.2 Å². The molecule has 148 valence electrons. The normalized spacial score (nSPS) is 15.6. The van der Waals surface area contributed by atoms with Gasteiger partial charge >= 0.3 is 0 Å². The van der Waals surface area contributed by atoms with Gasteiger partial charge in [0, 0.05) is 25.6 Å². The number of nitrogens with zero attached hydrogens (tertiary/aromatic N) is 2. The fourth-order valence-corrected chi connectivity index (χ4v) is 3.39. The first-order valence-electron chi connectivity index (χ1n) is 9.17. The van der Waals surface area contributed by atoms with Gasteiger partial charge in [0.05, 0.1) is 11.3 Å². The van der Waals surface area contributed by atoms with Gasteiger partial charge < -0.3 is 15.0 Å². The summed E-state index contributed by atoms with van der Waals surface area (Å²) in [5, 5.41) is 2.63. The van der Waals surface area contributed by atoms with Crippen molar-refractivity contribution < 1.29 is 23.9 Å². The number of carbonyl (C=O) groups is 4. The molecular formula is C21H19N3O5. The molecule has 2 aliphatic rings. The van der Waals surface area contributed by atoms with Gasteiger partial charge in [0.15, 0.2) is 5.75 Å². The summed E-state index contributed by atoms with van der Waals surface area (Å²) < 4.78 is 5.92. The van der Waals surface area contributed by atoms with Crippen molar-refractivity contribution in [1.82, 2.24) is 4.90 Å². The third kappa shape index (κ3) is 3.44. The van der Waals surface area contributed by atoms with E-state index in [1.165, 1.54) is 11.0 Å². The first kappa shape index (κ1) is 18.7. The molecule has 2 heterocycles. The average Bonchev–Trinajstić information content (AvgIpc) is 2.96. The minimum absolute atomic E-state index is 0.128. The van der Waals surface area contributed by atoms with E-state index in [1.807, 2.05) is 25.1 Å². The number of imide groups is 1. The second-order valence-electron chi connectivity index (χ2n) is 7.07. The Balaban J connectivity index is 1.57. The van der Waals surface area contributed by atoms with E-state index in [-0.39, 0.29) is 37.1 Å². The first-order chi connectivity index (χ1) is 13.8. The molecule has 1 fully saturated rings. The second-order valence-corrected chi connectivity index (χ2v) is 7.07. The number of rotatable bonds is 3. The molecule has 4 amide bonds. The lowest BCUT2D eigenvalue weighted by Crippen LogP contribution is -2.36. The Morgan fingerprint density at radius 3 is 2.45 bits per heavy atom. The Morgan fingerprint density at radius 1 is 1.03 bits per heavy atom. The number of ether oxygens (including phenoxy) is 1. The zero-order valence-corrected chi connectivity index (χ0v) is 16.0. The Morgan fingerprint density at radius 2 is 1.72 bits per heavy atom. The van der Waals surface area contributed by atoms with Crippen molar-refractivity contribution in [2.75, 3.05) is 23.8 Å². The lowest BCUT2D eigenvalue weighted by Gasteiger charge is -2.17. The van der Waals surface area contributed by atoms with Gasteiger partial charge in [-0.1, -0.05) is 6.07 Å². The predicted octanol–water partition coefficient (Wildman–Crippen LogP) is 2.46. The summed E-state index contributed by atoms with van der Waals surface area (Å²) in [5.74, 6) is -0.552. The fourth-order valence-electron chi connectivity index (χ4n) is 3.39. The summed E-state index contributed by atoms with van der Waals surface area (Å²) in [5.41, 5.74) is 2.33. The molecular weight excluding hydrogens is 374 g/mol. The number of amides is 4. The Kier molecular flexibility index (Phi) is 4.54. The monoisotopic (exact) mass is 393 g/mol. The summed E-state index contributed by atoms with van der Waals surface area (Å²) in [6, 6.07) is 10.3. The van der Waals surface area contributed by atoms with Gasteiger partial charge in [0.1, 0.15) is 12.3 Å². The van der Waals surface area contributed by atoms with Crippen LogP contribution in [0, 0.1) is 6.92 Å². The van der Waals surface area contributed by atoms with Crippen molar-refractivity contribution in [2.24, 2.45) is 0 Å². The quantitative estimate of drug-likeness (QED) is 0.808. The van der Waals surface area contributed by atoms with Crippen molar-refractivity contribution in [2.45, 2.75) is 19.8 Å². The van der Waals surface area contributed by atoms with Crippen LogP contribution in [-0.4, -0.2) is 42.1 Å². The number of fused-ring (bicyclic) bond motifs is 2. The molecule has 2 aliphatic heterocycles. The highest BCUT2D eigenvalue weighted by Gasteiger charge is 2.31. The number of hydrogen-bond donors (Lipinski definition) is 1. The van der Waals surface area contributed by atoms with Gasteiger partial charge in [-0.2, -0.15) is 0 Å². The topological polar surface area (TPSA) is 96.0 Å². The van der Waals surface area contributed by atoms with E-state index < -0.39 is 5.91 Å². The van der Waals surface area contributed by atoms with Crippen LogP contribution in [0.25, 0.3) is 0 Å². The van der Waals surface area contributed by atoms with Crippen LogP contribution in [0.1, 0.15) is 28.8 Å². The van der Waals surface area contributed by atoms with Crippen molar-refractivity contribution in [3.05, 3.63) is 47.5 Å². The minimum Gasteiger partial charge on any atom is -0.454 e. The number of nitrogens with one attached hydrogen (secondary N) is 1. The number of benzene rings is 2. The highest BCUT2D eigenvalue weighted by Crippen LogP contribution is 2.39. The molecule has 2 aromatic carbocycles.